The topological polar surface area (TPSA) is 67.9 Å². The van der Waals surface area contributed by atoms with Crippen LogP contribution in [0.4, 0.5) is 8.78 Å². The minimum atomic E-state index is -0.836. The number of carbonyl (C=O) groups excluding carboxylic acids is 2. The van der Waals surface area contributed by atoms with Crippen molar-refractivity contribution in [2.75, 3.05) is 13.7 Å². The van der Waals surface area contributed by atoms with Crippen molar-refractivity contribution in [3.05, 3.63) is 89.0 Å². The van der Waals surface area contributed by atoms with Crippen molar-refractivity contribution in [1.82, 2.24) is 10.2 Å². The fraction of sp³-hybridized carbons (Fsp3) is 0.394. The number of hydrogen-bond donors (Lipinski definition) is 1. The Hall–Kier alpha value is -3.78. The molecule has 2 aliphatic rings. The van der Waals surface area contributed by atoms with Gasteiger partial charge in [0.25, 0.3) is 0 Å². The van der Waals surface area contributed by atoms with Gasteiger partial charge in [-0.3, -0.25) is 9.69 Å². The van der Waals surface area contributed by atoms with Crippen LogP contribution in [0.2, 0.25) is 0 Å². The Morgan fingerprint density at radius 3 is 2.39 bits per heavy atom. The highest BCUT2D eigenvalue weighted by Crippen LogP contribution is 2.39. The lowest BCUT2D eigenvalue weighted by Gasteiger charge is -2.26. The predicted molar refractivity (Wildman–Crippen MR) is 152 cm³/mol. The molecular weight excluding hydrogens is 526 g/mol. The Balaban J connectivity index is 1.10. The number of esters is 1. The number of benzene rings is 3. The van der Waals surface area contributed by atoms with E-state index in [0.717, 1.165) is 31.9 Å². The van der Waals surface area contributed by atoms with Gasteiger partial charge in [-0.2, -0.15) is 0 Å². The number of amides is 1. The molecule has 4 unspecified atom stereocenters. The fourth-order valence-electron chi connectivity index (χ4n) is 5.66. The molecule has 1 aliphatic heterocycles. The van der Waals surface area contributed by atoms with E-state index in [1.165, 1.54) is 42.7 Å². The number of likely N-dealkylation sites (tertiary alicyclic amines) is 1. The average Bonchev–Trinajstić information content (AvgIpc) is 3.69. The molecule has 1 heterocycles. The molecule has 2 fully saturated rings. The highest BCUT2D eigenvalue weighted by Gasteiger charge is 2.43. The van der Waals surface area contributed by atoms with Crippen molar-refractivity contribution >= 4 is 11.9 Å². The molecule has 5 rings (SSSR count). The number of nitrogens with one attached hydrogen (secondary N) is 1. The molecule has 0 aromatic heterocycles. The van der Waals surface area contributed by atoms with E-state index in [4.69, 9.17) is 4.74 Å². The van der Waals surface area contributed by atoms with Crippen LogP contribution in [0, 0.1) is 23.5 Å². The highest BCUT2D eigenvalue weighted by molar-refractivity contribution is 5.97. The molecule has 1 amide bonds. The van der Waals surface area contributed by atoms with Crippen molar-refractivity contribution in [2.45, 2.75) is 58.3 Å². The van der Waals surface area contributed by atoms with Gasteiger partial charge in [-0.25, -0.2) is 13.6 Å². The number of rotatable bonds is 10. The minimum absolute atomic E-state index is 0.0255. The molecular formula is C33H36F2N2O4. The Morgan fingerprint density at radius 1 is 0.976 bits per heavy atom. The lowest BCUT2D eigenvalue weighted by Crippen LogP contribution is -2.31. The van der Waals surface area contributed by atoms with Crippen LogP contribution in [0.1, 0.15) is 54.6 Å². The molecule has 8 heteroatoms. The monoisotopic (exact) mass is 562 g/mol. The Bertz CT molecular complexity index is 1400. The SMILES string of the molecule is COC(=O)c1c(F)cccc1-c1ccc(CNC(=O)C2CC2COc2ccc(CN3C(C)CCC3C)cc2)c(F)c1. The normalized spacial score (nSPS) is 21.9. The number of halogens is 2. The summed E-state index contributed by atoms with van der Waals surface area (Å²) in [6, 6.07) is 17.9. The van der Waals surface area contributed by atoms with E-state index in [1.807, 2.05) is 12.1 Å². The molecule has 1 N–H and O–H groups in total. The van der Waals surface area contributed by atoms with Crippen molar-refractivity contribution in [1.29, 1.82) is 0 Å². The predicted octanol–water partition coefficient (Wildman–Crippen LogP) is 6.12. The van der Waals surface area contributed by atoms with E-state index < -0.39 is 17.6 Å². The van der Waals surface area contributed by atoms with E-state index in [0.29, 0.717) is 29.8 Å². The van der Waals surface area contributed by atoms with Crippen LogP contribution in [-0.2, 0) is 22.6 Å². The maximum Gasteiger partial charge on any atom is 0.341 e. The summed E-state index contributed by atoms with van der Waals surface area (Å²) < 4.78 is 39.8. The van der Waals surface area contributed by atoms with Crippen LogP contribution in [0.15, 0.2) is 60.7 Å². The quantitative estimate of drug-likeness (QED) is 0.302. The second-order valence-corrected chi connectivity index (χ2v) is 11.2. The third kappa shape index (κ3) is 6.59. The van der Waals surface area contributed by atoms with Crippen LogP contribution in [-0.4, -0.2) is 42.6 Å². The summed E-state index contributed by atoms with van der Waals surface area (Å²) in [4.78, 5) is 27.3. The molecule has 1 saturated heterocycles. The third-order valence-electron chi connectivity index (χ3n) is 8.37. The van der Waals surface area contributed by atoms with E-state index in [1.54, 1.807) is 6.07 Å². The number of methoxy groups -OCH3 is 1. The molecule has 4 atom stereocenters. The first kappa shape index (κ1) is 28.7. The Morgan fingerprint density at radius 2 is 1.71 bits per heavy atom. The van der Waals surface area contributed by atoms with Gasteiger partial charge in [-0.1, -0.05) is 36.4 Å². The summed E-state index contributed by atoms with van der Waals surface area (Å²) in [7, 11) is 1.16. The molecule has 0 radical (unpaired) electrons. The molecule has 216 valence electrons. The summed E-state index contributed by atoms with van der Waals surface area (Å²) >= 11 is 0. The molecule has 41 heavy (non-hydrogen) atoms. The molecule has 3 aromatic carbocycles. The Kier molecular flexibility index (Phi) is 8.68. The lowest BCUT2D eigenvalue weighted by atomic mass is 9.98. The summed E-state index contributed by atoms with van der Waals surface area (Å²) in [6.45, 7) is 5.99. The molecule has 6 nitrogen and oxygen atoms in total. The number of ether oxygens (including phenoxy) is 2. The van der Waals surface area contributed by atoms with Gasteiger partial charge in [0.2, 0.25) is 5.91 Å². The van der Waals surface area contributed by atoms with E-state index in [2.05, 4.69) is 40.9 Å². The van der Waals surface area contributed by atoms with Crippen molar-refractivity contribution in [3.63, 3.8) is 0 Å². The maximum atomic E-state index is 14.9. The van der Waals surface area contributed by atoms with Crippen molar-refractivity contribution < 1.29 is 27.8 Å². The second-order valence-electron chi connectivity index (χ2n) is 11.2. The molecule has 1 saturated carbocycles. The van der Waals surface area contributed by atoms with Crippen LogP contribution >= 0.6 is 0 Å². The van der Waals surface area contributed by atoms with E-state index in [9.17, 15) is 18.4 Å². The summed E-state index contributed by atoms with van der Waals surface area (Å²) in [6.07, 6.45) is 3.22. The average molecular weight is 563 g/mol. The van der Waals surface area contributed by atoms with E-state index >= 15 is 0 Å². The van der Waals surface area contributed by atoms with Gasteiger partial charge in [0.15, 0.2) is 0 Å². The number of hydrogen-bond acceptors (Lipinski definition) is 5. The standard InChI is InChI=1S/C33H36F2N2O4/c1-20-7-8-21(2)37(20)18-22-9-13-26(14-10-22)41-19-25-15-28(25)32(38)36-17-24-12-11-23(16-30(24)35)27-5-4-6-29(34)31(27)33(39)40-3/h4-6,9-14,16,20-21,25,28H,7-8,15,17-19H2,1-3H3,(H,36,38). The zero-order valence-electron chi connectivity index (χ0n) is 23.7. The van der Waals surface area contributed by atoms with E-state index in [-0.39, 0.29) is 35.4 Å². The largest absolute Gasteiger partial charge is 0.493 e. The third-order valence-corrected chi connectivity index (χ3v) is 8.37. The van der Waals surface area contributed by atoms with Gasteiger partial charge < -0.3 is 14.8 Å². The van der Waals surface area contributed by atoms with Crippen molar-refractivity contribution in [3.8, 4) is 16.9 Å². The number of carbonyl (C=O) groups is 2. The fourth-order valence-corrected chi connectivity index (χ4v) is 5.66. The molecule has 3 aromatic rings. The first-order valence-electron chi connectivity index (χ1n) is 14.2. The number of nitrogens with zero attached hydrogens (tertiary/aromatic N) is 1. The van der Waals surface area contributed by atoms with Gasteiger partial charge >= 0.3 is 5.97 Å². The minimum Gasteiger partial charge on any atom is -0.493 e. The first-order valence-corrected chi connectivity index (χ1v) is 14.2. The van der Waals surface area contributed by atoms with Crippen LogP contribution in [0.5, 0.6) is 5.75 Å². The molecule has 0 spiro atoms. The van der Waals surface area contributed by atoms with Gasteiger partial charge in [-0.15, -0.1) is 0 Å². The van der Waals surface area contributed by atoms with Crippen molar-refractivity contribution in [2.24, 2.45) is 11.8 Å². The van der Waals surface area contributed by atoms with Crippen LogP contribution in [0.3, 0.4) is 0 Å². The van der Waals surface area contributed by atoms with Gasteiger partial charge in [0.1, 0.15) is 22.9 Å². The first-order chi connectivity index (χ1) is 19.7. The van der Waals surface area contributed by atoms with Crippen LogP contribution in [0.25, 0.3) is 11.1 Å². The van der Waals surface area contributed by atoms with Gasteiger partial charge in [-0.05, 0) is 74.1 Å². The molecule has 0 bridgehead atoms. The highest BCUT2D eigenvalue weighted by atomic mass is 19.1. The summed E-state index contributed by atoms with van der Waals surface area (Å²) in [5.41, 5.74) is 1.88. The summed E-state index contributed by atoms with van der Waals surface area (Å²) in [5, 5.41) is 2.81. The van der Waals surface area contributed by atoms with Crippen LogP contribution < -0.4 is 10.1 Å². The van der Waals surface area contributed by atoms with Gasteiger partial charge in [0.05, 0.1) is 13.7 Å². The lowest BCUT2D eigenvalue weighted by molar-refractivity contribution is -0.122. The Labute approximate surface area is 239 Å². The second kappa shape index (κ2) is 12.4. The van der Waals surface area contributed by atoms with Gasteiger partial charge in [0, 0.05) is 42.6 Å². The molecule has 1 aliphatic carbocycles. The summed E-state index contributed by atoms with van der Waals surface area (Å²) in [5.74, 6) is -1.52. The smallest absolute Gasteiger partial charge is 0.341 e. The zero-order chi connectivity index (χ0) is 29.1. The maximum absolute atomic E-state index is 14.9. The zero-order valence-corrected chi connectivity index (χ0v) is 23.7.